The van der Waals surface area contributed by atoms with Crippen LogP contribution in [0.25, 0.3) is 0 Å². The second kappa shape index (κ2) is 6.24. The zero-order chi connectivity index (χ0) is 17.5. The Balaban J connectivity index is 1.71. The zero-order valence-corrected chi connectivity index (χ0v) is 15.8. The molecular formula is C18H25N3O2S. The first-order chi connectivity index (χ1) is 11.2. The van der Waals surface area contributed by atoms with Crippen LogP contribution in [-0.4, -0.2) is 23.0 Å². The molecule has 1 unspecified atom stereocenters. The maximum absolute atomic E-state index is 12.6. The number of carbonyl (C=O) groups excluding carboxylic acids is 1. The summed E-state index contributed by atoms with van der Waals surface area (Å²) >= 11 is 1.61. The number of fused-ring (bicyclic) bond motifs is 1. The van der Waals surface area contributed by atoms with Gasteiger partial charge < -0.3 is 14.6 Å². The summed E-state index contributed by atoms with van der Waals surface area (Å²) in [5.74, 6) is 1.91. The van der Waals surface area contributed by atoms with E-state index < -0.39 is 0 Å². The number of furan rings is 1. The molecule has 24 heavy (non-hydrogen) atoms. The van der Waals surface area contributed by atoms with Crippen LogP contribution in [0, 0.1) is 19.3 Å². The Hall–Kier alpha value is -1.82. The highest BCUT2D eigenvalue weighted by Gasteiger charge is 2.36. The molecule has 2 aromatic heterocycles. The van der Waals surface area contributed by atoms with Crippen LogP contribution < -0.4 is 5.32 Å². The largest absolute Gasteiger partial charge is 0.466 e. The average Bonchev–Trinajstić information content (AvgIpc) is 3.02. The molecule has 0 fully saturated rings. The van der Waals surface area contributed by atoms with Crippen LogP contribution in [0.2, 0.25) is 0 Å². The number of hydrogen-bond acceptors (Lipinski definition) is 4. The van der Waals surface area contributed by atoms with Gasteiger partial charge in [-0.25, -0.2) is 9.78 Å². The van der Waals surface area contributed by atoms with E-state index in [9.17, 15) is 4.79 Å². The minimum Gasteiger partial charge on any atom is -0.466 e. The van der Waals surface area contributed by atoms with Crippen molar-refractivity contribution in [1.29, 1.82) is 0 Å². The van der Waals surface area contributed by atoms with E-state index in [-0.39, 0.29) is 17.5 Å². The van der Waals surface area contributed by atoms with Gasteiger partial charge >= 0.3 is 6.03 Å². The number of amides is 2. The Morgan fingerprint density at radius 1 is 1.50 bits per heavy atom. The normalized spacial score (nSPS) is 19.0. The molecule has 130 valence electrons. The number of aryl methyl sites for hydroxylation is 2. The smallest absolute Gasteiger partial charge is 0.317 e. The first kappa shape index (κ1) is 17.0. The maximum atomic E-state index is 12.6. The van der Waals surface area contributed by atoms with Crippen molar-refractivity contribution in [3.8, 4) is 0 Å². The third-order valence-electron chi connectivity index (χ3n) is 4.45. The highest BCUT2D eigenvalue weighted by molar-refractivity contribution is 7.09. The van der Waals surface area contributed by atoms with Gasteiger partial charge in [-0.15, -0.1) is 11.3 Å². The third-order valence-corrected chi connectivity index (χ3v) is 5.27. The van der Waals surface area contributed by atoms with Crippen molar-refractivity contribution in [2.75, 3.05) is 7.05 Å². The van der Waals surface area contributed by atoms with E-state index in [1.807, 2.05) is 19.2 Å². The zero-order valence-electron chi connectivity index (χ0n) is 15.0. The molecule has 5 nitrogen and oxygen atoms in total. The predicted octanol–water partition coefficient (Wildman–Crippen LogP) is 4.21. The van der Waals surface area contributed by atoms with Crippen LogP contribution >= 0.6 is 11.3 Å². The fourth-order valence-corrected chi connectivity index (χ4v) is 3.97. The lowest BCUT2D eigenvalue weighted by Crippen LogP contribution is -2.42. The molecule has 2 aromatic rings. The third kappa shape index (κ3) is 3.64. The van der Waals surface area contributed by atoms with Crippen LogP contribution in [0.3, 0.4) is 0 Å². The Labute approximate surface area is 147 Å². The van der Waals surface area contributed by atoms with Crippen molar-refractivity contribution in [1.82, 2.24) is 15.2 Å². The Morgan fingerprint density at radius 2 is 2.25 bits per heavy atom. The molecule has 0 bridgehead atoms. The summed E-state index contributed by atoms with van der Waals surface area (Å²) in [6.07, 6.45) is 1.82. The number of urea groups is 1. The maximum Gasteiger partial charge on any atom is 0.317 e. The molecule has 0 radical (unpaired) electrons. The number of carbonyl (C=O) groups is 1. The molecule has 6 heteroatoms. The van der Waals surface area contributed by atoms with Gasteiger partial charge in [0.2, 0.25) is 0 Å². The van der Waals surface area contributed by atoms with E-state index in [0.29, 0.717) is 6.54 Å². The summed E-state index contributed by atoms with van der Waals surface area (Å²) in [7, 11) is 1.81. The van der Waals surface area contributed by atoms with Gasteiger partial charge in [0.1, 0.15) is 11.5 Å². The molecule has 1 aliphatic carbocycles. The van der Waals surface area contributed by atoms with E-state index in [1.54, 1.807) is 23.3 Å². The topological polar surface area (TPSA) is 58.4 Å². The average molecular weight is 347 g/mol. The SMILES string of the molecule is Cc1cc2c(o1)CC(C)(C)CC2NC(=O)N(C)Cc1csc(C)n1. The van der Waals surface area contributed by atoms with Gasteiger partial charge in [0.25, 0.3) is 0 Å². The molecule has 2 heterocycles. The Kier molecular flexibility index (Phi) is 4.42. The van der Waals surface area contributed by atoms with Crippen molar-refractivity contribution < 1.29 is 9.21 Å². The fraction of sp³-hybridized carbons (Fsp3) is 0.556. The highest BCUT2D eigenvalue weighted by atomic mass is 32.1. The minimum atomic E-state index is -0.0758. The molecule has 0 aliphatic heterocycles. The molecule has 1 atom stereocenters. The second-order valence-electron chi connectivity index (χ2n) is 7.50. The number of nitrogens with one attached hydrogen (secondary N) is 1. The van der Waals surface area contributed by atoms with E-state index in [2.05, 4.69) is 30.2 Å². The fourth-order valence-electron chi connectivity index (χ4n) is 3.37. The van der Waals surface area contributed by atoms with E-state index in [0.717, 1.165) is 40.6 Å². The monoisotopic (exact) mass is 347 g/mol. The van der Waals surface area contributed by atoms with Gasteiger partial charge in [-0.1, -0.05) is 13.8 Å². The van der Waals surface area contributed by atoms with Gasteiger partial charge in [0.05, 0.1) is 23.3 Å². The lowest BCUT2D eigenvalue weighted by molar-refractivity contribution is 0.188. The van der Waals surface area contributed by atoms with Crippen molar-refractivity contribution in [2.24, 2.45) is 5.41 Å². The molecule has 0 aromatic carbocycles. The van der Waals surface area contributed by atoms with Crippen LogP contribution in [0.1, 0.15) is 54.1 Å². The number of rotatable bonds is 3. The molecular weight excluding hydrogens is 322 g/mol. The van der Waals surface area contributed by atoms with Crippen molar-refractivity contribution in [3.05, 3.63) is 39.2 Å². The molecule has 0 saturated carbocycles. The molecule has 1 N–H and O–H groups in total. The van der Waals surface area contributed by atoms with Crippen LogP contribution in [-0.2, 0) is 13.0 Å². The standard InChI is InChI=1S/C18H25N3O2S/c1-11-6-14-15(7-18(3,4)8-16(14)23-11)20-17(22)21(5)9-13-10-24-12(2)19-13/h6,10,15H,7-9H2,1-5H3,(H,20,22). The second-order valence-corrected chi connectivity index (χ2v) is 8.56. The summed E-state index contributed by atoms with van der Waals surface area (Å²) in [6.45, 7) is 8.88. The lowest BCUT2D eigenvalue weighted by Gasteiger charge is -2.35. The number of thiazole rings is 1. The Morgan fingerprint density at radius 3 is 2.92 bits per heavy atom. The first-order valence-electron chi connectivity index (χ1n) is 8.25. The van der Waals surface area contributed by atoms with E-state index in [4.69, 9.17) is 4.42 Å². The van der Waals surface area contributed by atoms with Crippen molar-refractivity contribution in [3.63, 3.8) is 0 Å². The van der Waals surface area contributed by atoms with Gasteiger partial charge in [-0.3, -0.25) is 0 Å². The summed E-state index contributed by atoms with van der Waals surface area (Å²) in [6, 6.07) is 1.97. The van der Waals surface area contributed by atoms with Crippen LogP contribution in [0.5, 0.6) is 0 Å². The predicted molar refractivity (Wildman–Crippen MR) is 95.1 cm³/mol. The summed E-state index contributed by atoms with van der Waals surface area (Å²) in [5.41, 5.74) is 2.16. The lowest BCUT2D eigenvalue weighted by atomic mass is 9.75. The molecule has 1 aliphatic rings. The minimum absolute atomic E-state index is 0.00619. The summed E-state index contributed by atoms with van der Waals surface area (Å²) in [4.78, 5) is 18.7. The van der Waals surface area contributed by atoms with E-state index in [1.165, 1.54) is 0 Å². The molecule has 2 amide bonds. The summed E-state index contributed by atoms with van der Waals surface area (Å²) < 4.78 is 5.84. The highest BCUT2D eigenvalue weighted by Crippen LogP contribution is 2.42. The van der Waals surface area contributed by atoms with Crippen molar-refractivity contribution >= 4 is 17.4 Å². The van der Waals surface area contributed by atoms with E-state index >= 15 is 0 Å². The number of hydrogen-bond donors (Lipinski definition) is 1. The van der Waals surface area contributed by atoms with Gasteiger partial charge in [-0.05, 0) is 31.7 Å². The molecule has 3 rings (SSSR count). The van der Waals surface area contributed by atoms with Gasteiger partial charge in [0, 0.05) is 24.4 Å². The molecule has 0 spiro atoms. The van der Waals surface area contributed by atoms with Crippen LogP contribution in [0.15, 0.2) is 15.9 Å². The number of aromatic nitrogens is 1. The quantitative estimate of drug-likeness (QED) is 0.905. The van der Waals surface area contributed by atoms with Crippen molar-refractivity contribution in [2.45, 2.75) is 53.1 Å². The Bertz CT molecular complexity index is 747. The first-order valence-corrected chi connectivity index (χ1v) is 9.13. The number of nitrogens with zero attached hydrogens (tertiary/aromatic N) is 2. The molecule has 0 saturated heterocycles. The van der Waals surface area contributed by atoms with Gasteiger partial charge in [-0.2, -0.15) is 0 Å². The van der Waals surface area contributed by atoms with Crippen LogP contribution in [0.4, 0.5) is 4.79 Å². The van der Waals surface area contributed by atoms with Gasteiger partial charge in [0.15, 0.2) is 0 Å². The summed E-state index contributed by atoms with van der Waals surface area (Å²) in [5, 5.41) is 6.19.